The van der Waals surface area contributed by atoms with Crippen molar-refractivity contribution >= 4 is 28.6 Å². The van der Waals surface area contributed by atoms with Crippen LogP contribution >= 0.6 is 12.2 Å². The third kappa shape index (κ3) is 4.62. The highest BCUT2D eigenvalue weighted by molar-refractivity contribution is 7.80. The van der Waals surface area contributed by atoms with Crippen LogP contribution in [0.5, 0.6) is 5.75 Å². The summed E-state index contributed by atoms with van der Waals surface area (Å²) in [5, 5.41) is 8.44. The van der Waals surface area contributed by atoms with Crippen LogP contribution < -0.4 is 15.0 Å². The van der Waals surface area contributed by atoms with Gasteiger partial charge < -0.3 is 14.6 Å². The maximum Gasteiger partial charge on any atom is 0.258 e. The molecule has 1 aliphatic rings. The number of anilines is 1. The van der Waals surface area contributed by atoms with Crippen LogP contribution in [0.4, 0.5) is 5.69 Å². The summed E-state index contributed by atoms with van der Waals surface area (Å²) < 4.78 is 11.4. The molecule has 36 heavy (non-hydrogen) atoms. The minimum atomic E-state index is -0.228. The van der Waals surface area contributed by atoms with Crippen LogP contribution in [0.25, 0.3) is 17.0 Å². The van der Waals surface area contributed by atoms with Crippen molar-refractivity contribution in [3.05, 3.63) is 101 Å². The lowest BCUT2D eigenvalue weighted by atomic mass is 9.94. The Morgan fingerprint density at radius 2 is 1.56 bits per heavy atom. The van der Waals surface area contributed by atoms with Crippen molar-refractivity contribution in [1.82, 2.24) is 15.5 Å². The lowest BCUT2D eigenvalue weighted by Crippen LogP contribution is -2.46. The molecule has 1 unspecified atom stereocenters. The summed E-state index contributed by atoms with van der Waals surface area (Å²) in [7, 11) is 0. The second-order valence-corrected chi connectivity index (χ2v) is 9.23. The maximum absolute atomic E-state index is 5.86. The summed E-state index contributed by atoms with van der Waals surface area (Å²) in [6.07, 6.45) is 0. The van der Waals surface area contributed by atoms with E-state index in [1.54, 1.807) is 0 Å². The molecule has 7 heteroatoms. The van der Waals surface area contributed by atoms with Crippen LogP contribution in [0.2, 0.25) is 0 Å². The number of hydrogen-bond donors (Lipinski definition) is 1. The Morgan fingerprint density at radius 1 is 0.917 bits per heavy atom. The summed E-state index contributed by atoms with van der Waals surface area (Å²) >= 11 is 5.84. The fourth-order valence-electron chi connectivity index (χ4n) is 4.35. The summed E-state index contributed by atoms with van der Waals surface area (Å²) in [6, 6.07) is 24.2. The molecular weight excluding hydrogens is 468 g/mol. The lowest BCUT2D eigenvalue weighted by Gasteiger charge is -2.37. The van der Waals surface area contributed by atoms with E-state index in [-0.39, 0.29) is 6.04 Å². The van der Waals surface area contributed by atoms with Gasteiger partial charge in [0.05, 0.1) is 18.2 Å². The average Bonchev–Trinajstić information content (AvgIpc) is 3.36. The molecule has 0 fully saturated rings. The van der Waals surface area contributed by atoms with Gasteiger partial charge in [0.25, 0.3) is 5.89 Å². The first-order valence-corrected chi connectivity index (χ1v) is 12.4. The van der Waals surface area contributed by atoms with E-state index in [0.29, 0.717) is 23.4 Å². The molecule has 1 aliphatic heterocycles. The number of ether oxygens (including phenoxy) is 1. The van der Waals surface area contributed by atoms with Gasteiger partial charge in [-0.15, -0.1) is 0 Å². The predicted octanol–water partition coefficient (Wildman–Crippen LogP) is 6.62. The minimum Gasteiger partial charge on any atom is -0.494 e. The minimum absolute atomic E-state index is 0.228. The topological polar surface area (TPSA) is 63.4 Å². The number of aromatic nitrogens is 2. The molecule has 0 bridgehead atoms. The highest BCUT2D eigenvalue weighted by Gasteiger charge is 2.34. The van der Waals surface area contributed by atoms with Gasteiger partial charge in [0.2, 0.25) is 5.82 Å². The Hall–Kier alpha value is -3.97. The van der Waals surface area contributed by atoms with Gasteiger partial charge in [0.1, 0.15) is 5.75 Å². The normalized spacial score (nSPS) is 15.7. The Morgan fingerprint density at radius 3 is 2.19 bits per heavy atom. The van der Waals surface area contributed by atoms with Crippen molar-refractivity contribution in [2.75, 3.05) is 11.5 Å². The standard InChI is InChI=1S/C29H28N4O2S/c1-5-34-24-16-12-22(13-17-24)27-31-28(35-32-27)25-20(4)33(23-14-8-19(3)9-15-23)29(36)30-26(25)21-10-6-18(2)7-11-21/h6-17,26H,5H2,1-4H3,(H,30,36). The number of allylic oxidation sites excluding steroid dienone is 1. The molecule has 1 N–H and O–H groups in total. The quantitative estimate of drug-likeness (QED) is 0.301. The molecular formula is C29H28N4O2S. The second kappa shape index (κ2) is 9.95. The molecule has 6 nitrogen and oxygen atoms in total. The molecule has 0 saturated heterocycles. The first kappa shape index (κ1) is 23.8. The van der Waals surface area contributed by atoms with E-state index in [0.717, 1.165) is 33.8 Å². The number of nitrogens with one attached hydrogen (secondary N) is 1. The van der Waals surface area contributed by atoms with Crippen molar-refractivity contribution in [3.8, 4) is 17.1 Å². The average molecular weight is 497 g/mol. The monoisotopic (exact) mass is 496 g/mol. The van der Waals surface area contributed by atoms with E-state index >= 15 is 0 Å². The zero-order valence-electron chi connectivity index (χ0n) is 20.8. The van der Waals surface area contributed by atoms with Crippen molar-refractivity contribution in [2.24, 2.45) is 0 Å². The van der Waals surface area contributed by atoms with Crippen LogP contribution in [-0.4, -0.2) is 21.9 Å². The summed E-state index contributed by atoms with van der Waals surface area (Å²) in [4.78, 5) is 6.83. The zero-order chi connectivity index (χ0) is 25.2. The van der Waals surface area contributed by atoms with Crippen molar-refractivity contribution in [3.63, 3.8) is 0 Å². The zero-order valence-corrected chi connectivity index (χ0v) is 21.6. The van der Waals surface area contributed by atoms with Gasteiger partial charge in [-0.25, -0.2) is 0 Å². The second-order valence-electron chi connectivity index (χ2n) is 8.84. The van der Waals surface area contributed by atoms with E-state index in [9.17, 15) is 0 Å². The molecule has 0 radical (unpaired) electrons. The van der Waals surface area contributed by atoms with Crippen LogP contribution in [0.3, 0.4) is 0 Å². The lowest BCUT2D eigenvalue weighted by molar-refractivity contribution is 0.340. The van der Waals surface area contributed by atoms with Gasteiger partial charge in [-0.3, -0.25) is 4.90 Å². The summed E-state index contributed by atoms with van der Waals surface area (Å²) in [5.41, 5.74) is 7.10. The van der Waals surface area contributed by atoms with Crippen molar-refractivity contribution < 1.29 is 9.26 Å². The first-order valence-electron chi connectivity index (χ1n) is 12.0. The number of nitrogens with zero attached hydrogens (tertiary/aromatic N) is 3. The highest BCUT2D eigenvalue weighted by atomic mass is 32.1. The Labute approximate surface area is 216 Å². The molecule has 0 amide bonds. The molecule has 2 heterocycles. The molecule has 0 saturated carbocycles. The maximum atomic E-state index is 5.86. The molecule has 1 atom stereocenters. The van der Waals surface area contributed by atoms with E-state index in [4.69, 9.17) is 26.5 Å². The number of thiocarbonyl (C=S) groups is 1. The molecule has 3 aromatic carbocycles. The van der Waals surface area contributed by atoms with E-state index in [2.05, 4.69) is 72.9 Å². The van der Waals surface area contributed by atoms with Crippen LogP contribution in [-0.2, 0) is 0 Å². The highest BCUT2D eigenvalue weighted by Crippen LogP contribution is 2.39. The van der Waals surface area contributed by atoms with Crippen molar-refractivity contribution in [2.45, 2.75) is 33.7 Å². The van der Waals surface area contributed by atoms with E-state index in [1.165, 1.54) is 11.1 Å². The SMILES string of the molecule is CCOc1ccc(-c2noc(C3=C(C)N(c4ccc(C)cc4)C(=S)NC3c3ccc(C)cc3)n2)cc1. The van der Waals surface area contributed by atoms with Gasteiger partial charge >= 0.3 is 0 Å². The Kier molecular flexibility index (Phi) is 6.57. The number of aryl methyl sites for hydroxylation is 2. The summed E-state index contributed by atoms with van der Waals surface area (Å²) in [6.45, 7) is 8.77. The molecule has 1 aromatic heterocycles. The predicted molar refractivity (Wildman–Crippen MR) is 147 cm³/mol. The van der Waals surface area contributed by atoms with Crippen molar-refractivity contribution in [1.29, 1.82) is 0 Å². The van der Waals surface area contributed by atoms with Gasteiger partial charge in [-0.05, 0) is 81.9 Å². The molecule has 0 spiro atoms. The van der Waals surface area contributed by atoms with E-state index < -0.39 is 0 Å². The Balaban J connectivity index is 1.60. The van der Waals surface area contributed by atoms with Gasteiger partial charge in [-0.1, -0.05) is 52.7 Å². The molecule has 0 aliphatic carbocycles. The molecule has 182 valence electrons. The third-order valence-corrected chi connectivity index (χ3v) is 6.57. The molecule has 4 aromatic rings. The van der Waals surface area contributed by atoms with Crippen LogP contribution in [0.15, 0.2) is 83.0 Å². The largest absolute Gasteiger partial charge is 0.494 e. The fourth-order valence-corrected chi connectivity index (χ4v) is 4.71. The van der Waals surface area contributed by atoms with Crippen LogP contribution in [0, 0.1) is 13.8 Å². The summed E-state index contributed by atoms with van der Waals surface area (Å²) in [5.74, 6) is 1.78. The number of hydrogen-bond acceptors (Lipinski definition) is 5. The smallest absolute Gasteiger partial charge is 0.258 e. The van der Waals surface area contributed by atoms with Gasteiger partial charge in [-0.2, -0.15) is 4.98 Å². The van der Waals surface area contributed by atoms with E-state index in [1.807, 2.05) is 43.0 Å². The number of rotatable bonds is 6. The third-order valence-electron chi connectivity index (χ3n) is 6.27. The number of benzene rings is 3. The fraction of sp³-hybridized carbons (Fsp3) is 0.207. The first-order chi connectivity index (χ1) is 17.4. The van der Waals surface area contributed by atoms with Crippen LogP contribution in [0.1, 0.15) is 42.5 Å². The van der Waals surface area contributed by atoms with Gasteiger partial charge in [0.15, 0.2) is 5.11 Å². The Bertz CT molecular complexity index is 1410. The van der Waals surface area contributed by atoms with Gasteiger partial charge in [0, 0.05) is 16.9 Å². The molecule has 5 rings (SSSR count).